The lowest BCUT2D eigenvalue weighted by atomic mass is 10.1. The molecule has 0 bridgehead atoms. The fraction of sp³-hybridized carbons (Fsp3) is 0.364. The second kappa shape index (κ2) is 16.6. The first-order chi connectivity index (χ1) is 16.6. The standard InChI is InChI=1S/C11H14N2O4.C10H12N2O4.CH4O/c1-12-10(11(14)17-2)7-8-3-5-9(6-4-8)13(15)16;1-11-9(10(13)14)6-7-2-4-8(5-3-7)12(15)16;1-2/h3-6,10,12H,7H2,1-2H3;2-5,9,11H,6H2,1H3,(H,13,14);2H,1H3. The maximum absolute atomic E-state index is 11.3. The minimum atomic E-state index is -0.944. The predicted octanol–water partition coefficient (Wildman–Crippen LogP) is 1.32. The highest BCUT2D eigenvalue weighted by Gasteiger charge is 2.18. The number of hydrogen-bond donors (Lipinski definition) is 4. The lowest BCUT2D eigenvalue weighted by Crippen LogP contribution is -2.36. The number of nitrogens with one attached hydrogen (secondary N) is 2. The van der Waals surface area contributed by atoms with E-state index in [0.717, 1.165) is 18.2 Å². The molecule has 13 nitrogen and oxygen atoms in total. The second-order valence-corrected chi connectivity index (χ2v) is 6.80. The number of likely N-dealkylation sites (N-methyl/N-ethyl adjacent to an activating group) is 2. The molecule has 0 radical (unpaired) electrons. The number of rotatable bonds is 10. The number of carbonyl (C=O) groups is 2. The number of nitro groups is 2. The van der Waals surface area contributed by atoms with E-state index < -0.39 is 27.9 Å². The zero-order chi connectivity index (χ0) is 27.0. The van der Waals surface area contributed by atoms with Crippen LogP contribution in [0.3, 0.4) is 0 Å². The molecule has 13 heteroatoms. The minimum Gasteiger partial charge on any atom is -0.480 e. The molecular weight excluding hydrogens is 464 g/mol. The summed E-state index contributed by atoms with van der Waals surface area (Å²) in [7, 11) is 5.54. The minimum absolute atomic E-state index is 0.0000765. The Morgan fingerprint density at radius 2 is 1.17 bits per heavy atom. The van der Waals surface area contributed by atoms with E-state index in [0.29, 0.717) is 12.8 Å². The molecular formula is C22H30N4O9. The number of ether oxygens (including phenoxy) is 1. The maximum atomic E-state index is 11.3. The van der Waals surface area contributed by atoms with Crippen LogP contribution in [0.15, 0.2) is 48.5 Å². The number of carbonyl (C=O) groups excluding carboxylic acids is 1. The van der Waals surface area contributed by atoms with Crippen LogP contribution >= 0.6 is 0 Å². The molecule has 0 aliphatic heterocycles. The third kappa shape index (κ3) is 11.2. The average molecular weight is 495 g/mol. The topological polar surface area (TPSA) is 194 Å². The lowest BCUT2D eigenvalue weighted by molar-refractivity contribution is -0.385. The molecule has 0 fully saturated rings. The number of non-ortho nitro benzene ring substituents is 2. The zero-order valence-electron chi connectivity index (χ0n) is 19.8. The molecule has 0 saturated carbocycles. The summed E-state index contributed by atoms with van der Waals surface area (Å²) in [5, 5.41) is 42.2. The Morgan fingerprint density at radius 3 is 1.43 bits per heavy atom. The molecule has 4 N–H and O–H groups in total. The number of hydrogen-bond acceptors (Lipinski definition) is 10. The summed E-state index contributed by atoms with van der Waals surface area (Å²) in [6, 6.07) is 10.8. The van der Waals surface area contributed by atoms with Crippen LogP contribution in [0.25, 0.3) is 0 Å². The molecule has 0 aliphatic rings. The second-order valence-electron chi connectivity index (χ2n) is 6.80. The van der Waals surface area contributed by atoms with E-state index in [4.69, 9.17) is 10.2 Å². The first-order valence-corrected chi connectivity index (χ1v) is 10.2. The molecule has 0 amide bonds. The van der Waals surface area contributed by atoms with Crippen molar-refractivity contribution in [2.45, 2.75) is 24.9 Å². The van der Waals surface area contributed by atoms with Crippen LogP contribution in [0.1, 0.15) is 11.1 Å². The average Bonchev–Trinajstić information content (AvgIpc) is 2.87. The molecule has 0 saturated heterocycles. The molecule has 0 spiro atoms. The van der Waals surface area contributed by atoms with Gasteiger partial charge in [0.25, 0.3) is 11.4 Å². The van der Waals surface area contributed by atoms with Crippen LogP contribution in [-0.2, 0) is 27.2 Å². The molecule has 2 aromatic carbocycles. The quantitative estimate of drug-likeness (QED) is 0.211. The Balaban J connectivity index is 0.000000618. The molecule has 2 unspecified atom stereocenters. The third-order valence-electron chi connectivity index (χ3n) is 4.65. The number of nitrogens with zero attached hydrogens (tertiary/aromatic N) is 2. The van der Waals surface area contributed by atoms with Gasteiger partial charge in [-0.15, -0.1) is 0 Å². The van der Waals surface area contributed by atoms with E-state index in [9.17, 15) is 29.8 Å². The van der Waals surface area contributed by atoms with Crippen molar-refractivity contribution >= 4 is 23.3 Å². The van der Waals surface area contributed by atoms with Crippen LogP contribution < -0.4 is 10.6 Å². The largest absolute Gasteiger partial charge is 0.480 e. The van der Waals surface area contributed by atoms with Gasteiger partial charge >= 0.3 is 11.9 Å². The number of aliphatic carboxylic acids is 1. The number of nitro benzene ring substituents is 2. The molecule has 2 atom stereocenters. The summed E-state index contributed by atoms with van der Waals surface area (Å²) >= 11 is 0. The Morgan fingerprint density at radius 1 is 0.829 bits per heavy atom. The summed E-state index contributed by atoms with van der Waals surface area (Å²) < 4.78 is 4.63. The highest BCUT2D eigenvalue weighted by molar-refractivity contribution is 5.76. The van der Waals surface area contributed by atoms with Gasteiger partial charge in [-0.2, -0.15) is 0 Å². The summed E-state index contributed by atoms with van der Waals surface area (Å²) in [5.74, 6) is -1.30. The van der Waals surface area contributed by atoms with Crippen LogP contribution in [-0.4, -0.2) is 72.4 Å². The van der Waals surface area contributed by atoms with Crippen molar-refractivity contribution in [1.29, 1.82) is 0 Å². The SMILES string of the molecule is CNC(Cc1ccc([N+](=O)[O-])cc1)C(=O)O.CNC(Cc1ccc([N+](=O)[O-])cc1)C(=O)OC.CO. The smallest absolute Gasteiger partial charge is 0.323 e. The number of aliphatic hydroxyl groups excluding tert-OH is 1. The highest BCUT2D eigenvalue weighted by atomic mass is 16.6. The molecule has 2 rings (SSSR count). The van der Waals surface area contributed by atoms with Crippen LogP contribution in [0, 0.1) is 20.2 Å². The molecule has 0 heterocycles. The van der Waals surface area contributed by atoms with Gasteiger partial charge in [-0.1, -0.05) is 24.3 Å². The number of carboxylic acid groups (broad SMARTS) is 1. The van der Waals surface area contributed by atoms with E-state index in [1.165, 1.54) is 31.4 Å². The van der Waals surface area contributed by atoms with Crippen LogP contribution in [0.4, 0.5) is 11.4 Å². The van der Waals surface area contributed by atoms with Gasteiger partial charge < -0.3 is 25.6 Å². The van der Waals surface area contributed by atoms with Crippen molar-refractivity contribution in [2.75, 3.05) is 28.3 Å². The van der Waals surface area contributed by atoms with Gasteiger partial charge in [0.15, 0.2) is 0 Å². The summed E-state index contributed by atoms with van der Waals surface area (Å²) in [6.07, 6.45) is 0.727. The Hall–Kier alpha value is -3.94. The van der Waals surface area contributed by atoms with Gasteiger partial charge in [-0.3, -0.25) is 29.8 Å². The van der Waals surface area contributed by atoms with Gasteiger partial charge in [0.05, 0.1) is 17.0 Å². The van der Waals surface area contributed by atoms with Crippen molar-refractivity contribution in [2.24, 2.45) is 0 Å². The van der Waals surface area contributed by atoms with E-state index in [-0.39, 0.29) is 17.3 Å². The molecule has 192 valence electrons. The molecule has 0 aliphatic carbocycles. The van der Waals surface area contributed by atoms with Crippen molar-refractivity contribution in [3.05, 3.63) is 79.9 Å². The monoisotopic (exact) mass is 494 g/mol. The third-order valence-corrected chi connectivity index (χ3v) is 4.65. The summed E-state index contributed by atoms with van der Waals surface area (Å²) in [5.41, 5.74) is 1.61. The van der Waals surface area contributed by atoms with Crippen molar-refractivity contribution in [3.63, 3.8) is 0 Å². The Bertz CT molecular complexity index is 950. The summed E-state index contributed by atoms with van der Waals surface area (Å²) in [4.78, 5) is 42.0. The van der Waals surface area contributed by atoms with Crippen molar-refractivity contribution < 1.29 is 34.4 Å². The van der Waals surface area contributed by atoms with E-state index in [1.54, 1.807) is 38.4 Å². The normalized spacial score (nSPS) is 11.5. The van der Waals surface area contributed by atoms with E-state index >= 15 is 0 Å². The van der Waals surface area contributed by atoms with Gasteiger partial charge in [0.1, 0.15) is 12.1 Å². The molecule has 0 aromatic heterocycles. The van der Waals surface area contributed by atoms with Gasteiger partial charge in [-0.25, -0.2) is 0 Å². The molecule has 2 aromatic rings. The van der Waals surface area contributed by atoms with Crippen molar-refractivity contribution in [1.82, 2.24) is 10.6 Å². The van der Waals surface area contributed by atoms with E-state index in [1.807, 2.05) is 0 Å². The first-order valence-electron chi connectivity index (χ1n) is 10.2. The van der Waals surface area contributed by atoms with Crippen LogP contribution in [0.5, 0.6) is 0 Å². The van der Waals surface area contributed by atoms with E-state index in [2.05, 4.69) is 15.4 Å². The summed E-state index contributed by atoms with van der Waals surface area (Å²) in [6.45, 7) is 0. The fourth-order valence-electron chi connectivity index (χ4n) is 2.74. The zero-order valence-corrected chi connectivity index (χ0v) is 19.8. The number of benzene rings is 2. The van der Waals surface area contributed by atoms with Crippen LogP contribution in [0.2, 0.25) is 0 Å². The molecule has 35 heavy (non-hydrogen) atoms. The van der Waals surface area contributed by atoms with Gasteiger partial charge in [-0.05, 0) is 38.1 Å². The Kier molecular flexibility index (Phi) is 14.8. The lowest BCUT2D eigenvalue weighted by Gasteiger charge is -2.13. The number of aliphatic hydroxyl groups is 1. The highest BCUT2D eigenvalue weighted by Crippen LogP contribution is 2.14. The van der Waals surface area contributed by atoms with Gasteiger partial charge in [0.2, 0.25) is 0 Å². The number of methoxy groups -OCH3 is 1. The predicted molar refractivity (Wildman–Crippen MR) is 127 cm³/mol. The number of esters is 1. The number of carboxylic acids is 1. The maximum Gasteiger partial charge on any atom is 0.323 e. The fourth-order valence-corrected chi connectivity index (χ4v) is 2.74. The van der Waals surface area contributed by atoms with Crippen molar-refractivity contribution in [3.8, 4) is 0 Å². The first kappa shape index (κ1) is 31.1. The Labute approximate surface area is 202 Å². The van der Waals surface area contributed by atoms with Gasteiger partial charge in [0, 0.05) is 31.4 Å².